The van der Waals surface area contributed by atoms with E-state index in [0.29, 0.717) is 0 Å². The molecule has 1 fully saturated rings. The summed E-state index contributed by atoms with van der Waals surface area (Å²) < 4.78 is 54.3. The van der Waals surface area contributed by atoms with Crippen LogP contribution in [0.3, 0.4) is 0 Å². The topological polar surface area (TPSA) is 69.7 Å². The molecule has 0 radical (unpaired) electrons. The zero-order valence-electron chi connectivity index (χ0n) is 16.2. The summed E-state index contributed by atoms with van der Waals surface area (Å²) in [4.78, 5) is 13.5. The molecule has 156 valence electrons. The van der Waals surface area contributed by atoms with Crippen molar-refractivity contribution in [2.45, 2.75) is 24.8 Å². The van der Waals surface area contributed by atoms with Gasteiger partial charge in [-0.05, 0) is 37.6 Å². The SMILES string of the molecule is Cc1ccccc1NC(=O)C(C)N1CCN(S(=O)(=O)c2c(F)cccc2F)CC1. The number of nitrogens with one attached hydrogen (secondary N) is 1. The van der Waals surface area contributed by atoms with Gasteiger partial charge in [0.05, 0.1) is 6.04 Å². The zero-order valence-corrected chi connectivity index (χ0v) is 17.0. The lowest BCUT2D eigenvalue weighted by molar-refractivity contribution is -0.121. The number of nitrogens with zero attached hydrogens (tertiary/aromatic N) is 2. The van der Waals surface area contributed by atoms with Gasteiger partial charge in [-0.2, -0.15) is 4.31 Å². The molecule has 1 unspecified atom stereocenters. The molecule has 3 rings (SSSR count). The predicted octanol–water partition coefficient (Wildman–Crippen LogP) is 2.61. The summed E-state index contributed by atoms with van der Waals surface area (Å²) in [5.74, 6) is -2.42. The number of aryl methyl sites for hydroxylation is 1. The first-order chi connectivity index (χ1) is 13.7. The summed E-state index contributed by atoms with van der Waals surface area (Å²) in [6.07, 6.45) is 0. The van der Waals surface area contributed by atoms with Crippen molar-refractivity contribution in [3.8, 4) is 0 Å². The zero-order chi connectivity index (χ0) is 21.2. The molecule has 1 aliphatic heterocycles. The van der Waals surface area contributed by atoms with Crippen LogP contribution in [0.4, 0.5) is 14.5 Å². The average Bonchev–Trinajstić information content (AvgIpc) is 2.69. The molecule has 0 aromatic heterocycles. The van der Waals surface area contributed by atoms with E-state index in [1.54, 1.807) is 6.92 Å². The van der Waals surface area contributed by atoms with Crippen LogP contribution in [-0.4, -0.2) is 55.8 Å². The van der Waals surface area contributed by atoms with Crippen molar-refractivity contribution in [1.29, 1.82) is 0 Å². The van der Waals surface area contributed by atoms with Crippen LogP contribution in [0.25, 0.3) is 0 Å². The number of para-hydroxylation sites is 1. The fourth-order valence-corrected chi connectivity index (χ4v) is 4.84. The number of amides is 1. The second kappa shape index (κ2) is 8.56. The maximum Gasteiger partial charge on any atom is 0.249 e. The average molecular weight is 423 g/mol. The second-order valence-electron chi connectivity index (χ2n) is 6.97. The van der Waals surface area contributed by atoms with Gasteiger partial charge in [0.1, 0.15) is 11.6 Å². The van der Waals surface area contributed by atoms with Crippen molar-refractivity contribution in [2.75, 3.05) is 31.5 Å². The lowest BCUT2D eigenvalue weighted by Crippen LogP contribution is -2.54. The van der Waals surface area contributed by atoms with Crippen LogP contribution in [0, 0.1) is 18.6 Å². The van der Waals surface area contributed by atoms with Crippen LogP contribution >= 0.6 is 0 Å². The summed E-state index contributed by atoms with van der Waals surface area (Å²) >= 11 is 0. The first-order valence-electron chi connectivity index (χ1n) is 9.26. The quantitative estimate of drug-likeness (QED) is 0.803. The number of hydrogen-bond donors (Lipinski definition) is 1. The number of rotatable bonds is 5. The largest absolute Gasteiger partial charge is 0.324 e. The molecule has 6 nitrogen and oxygen atoms in total. The van der Waals surface area contributed by atoms with Crippen molar-refractivity contribution in [3.63, 3.8) is 0 Å². The number of anilines is 1. The summed E-state index contributed by atoms with van der Waals surface area (Å²) in [6, 6.07) is 9.90. The Labute approximate surface area is 169 Å². The first-order valence-corrected chi connectivity index (χ1v) is 10.7. The molecular weight excluding hydrogens is 400 g/mol. The maximum atomic E-state index is 13.9. The van der Waals surface area contributed by atoms with E-state index in [1.165, 1.54) is 0 Å². The maximum absolute atomic E-state index is 13.9. The van der Waals surface area contributed by atoms with E-state index in [1.807, 2.05) is 36.1 Å². The van der Waals surface area contributed by atoms with Crippen LogP contribution in [-0.2, 0) is 14.8 Å². The Kier molecular flexibility index (Phi) is 6.30. The summed E-state index contributed by atoms with van der Waals surface area (Å²) in [5, 5.41) is 2.88. The molecule has 9 heteroatoms. The van der Waals surface area contributed by atoms with Crippen LogP contribution < -0.4 is 5.32 Å². The van der Waals surface area contributed by atoms with Gasteiger partial charge in [0.25, 0.3) is 0 Å². The van der Waals surface area contributed by atoms with E-state index < -0.39 is 32.6 Å². The third-order valence-electron chi connectivity index (χ3n) is 5.12. The van der Waals surface area contributed by atoms with E-state index in [4.69, 9.17) is 0 Å². The molecular formula is C20H23F2N3O3S. The molecule has 1 aliphatic rings. The molecule has 2 aromatic carbocycles. The van der Waals surface area contributed by atoms with Crippen molar-refractivity contribution in [1.82, 2.24) is 9.21 Å². The highest BCUT2D eigenvalue weighted by Gasteiger charge is 2.35. The molecule has 1 amide bonds. The Morgan fingerprint density at radius 3 is 2.17 bits per heavy atom. The van der Waals surface area contributed by atoms with Crippen molar-refractivity contribution >= 4 is 21.6 Å². The molecule has 0 saturated carbocycles. The van der Waals surface area contributed by atoms with E-state index >= 15 is 0 Å². The van der Waals surface area contributed by atoms with Gasteiger partial charge in [0.15, 0.2) is 4.90 Å². The van der Waals surface area contributed by atoms with Crippen LogP contribution in [0.1, 0.15) is 12.5 Å². The van der Waals surface area contributed by atoms with Crippen LogP contribution in [0.5, 0.6) is 0 Å². The Hall–Kier alpha value is -2.36. The van der Waals surface area contributed by atoms with Crippen molar-refractivity contribution in [2.24, 2.45) is 0 Å². The highest BCUT2D eigenvalue weighted by atomic mass is 32.2. The monoisotopic (exact) mass is 423 g/mol. The molecule has 1 atom stereocenters. The van der Waals surface area contributed by atoms with Crippen LogP contribution in [0.2, 0.25) is 0 Å². The van der Waals surface area contributed by atoms with E-state index in [2.05, 4.69) is 5.32 Å². The molecule has 0 spiro atoms. The lowest BCUT2D eigenvalue weighted by atomic mass is 10.2. The van der Waals surface area contributed by atoms with Gasteiger partial charge >= 0.3 is 0 Å². The molecule has 0 bridgehead atoms. The fraction of sp³-hybridized carbons (Fsp3) is 0.350. The van der Waals surface area contributed by atoms with Crippen molar-refractivity contribution in [3.05, 3.63) is 59.7 Å². The summed E-state index contributed by atoms with van der Waals surface area (Å²) in [6.45, 7) is 4.27. The smallest absolute Gasteiger partial charge is 0.249 e. The standard InChI is InChI=1S/C20H23F2N3O3S/c1-14-6-3-4-9-18(14)23-20(26)15(2)24-10-12-25(13-11-24)29(27,28)19-16(21)7-5-8-17(19)22/h3-9,15H,10-13H2,1-2H3,(H,23,26). The van der Waals surface area contributed by atoms with Gasteiger partial charge < -0.3 is 5.32 Å². The first kappa shape index (κ1) is 21.4. The number of benzene rings is 2. The third kappa shape index (κ3) is 4.47. The molecule has 1 saturated heterocycles. The molecule has 29 heavy (non-hydrogen) atoms. The molecule has 1 N–H and O–H groups in total. The van der Waals surface area contributed by atoms with Gasteiger partial charge in [-0.25, -0.2) is 17.2 Å². The lowest BCUT2D eigenvalue weighted by Gasteiger charge is -2.36. The number of sulfonamides is 1. The highest BCUT2D eigenvalue weighted by molar-refractivity contribution is 7.89. The number of hydrogen-bond acceptors (Lipinski definition) is 4. The third-order valence-corrected chi connectivity index (χ3v) is 7.07. The van der Waals surface area contributed by atoms with Crippen LogP contribution in [0.15, 0.2) is 47.4 Å². The van der Waals surface area contributed by atoms with Gasteiger partial charge in [0, 0.05) is 31.9 Å². The minimum atomic E-state index is -4.29. The van der Waals surface area contributed by atoms with Gasteiger partial charge in [-0.1, -0.05) is 24.3 Å². The highest BCUT2D eigenvalue weighted by Crippen LogP contribution is 2.24. The van der Waals surface area contributed by atoms with Gasteiger partial charge in [-0.15, -0.1) is 0 Å². The molecule has 2 aromatic rings. The second-order valence-corrected chi connectivity index (χ2v) is 8.85. The van der Waals surface area contributed by atoms with E-state index in [0.717, 1.165) is 33.8 Å². The Morgan fingerprint density at radius 2 is 1.59 bits per heavy atom. The Morgan fingerprint density at radius 1 is 1.00 bits per heavy atom. The Bertz CT molecular complexity index is 986. The number of carbonyl (C=O) groups is 1. The number of halogens is 2. The van der Waals surface area contributed by atoms with Gasteiger partial charge in [0.2, 0.25) is 15.9 Å². The fourth-order valence-electron chi connectivity index (χ4n) is 3.31. The van der Waals surface area contributed by atoms with E-state index in [-0.39, 0.29) is 32.1 Å². The number of piperazine rings is 1. The summed E-state index contributed by atoms with van der Waals surface area (Å²) in [5.41, 5.74) is 1.66. The molecule has 0 aliphatic carbocycles. The molecule has 1 heterocycles. The summed E-state index contributed by atoms with van der Waals surface area (Å²) in [7, 11) is -4.29. The van der Waals surface area contributed by atoms with Crippen molar-refractivity contribution < 1.29 is 22.0 Å². The minimum absolute atomic E-state index is 0.0398. The Balaban J connectivity index is 1.65. The minimum Gasteiger partial charge on any atom is -0.324 e. The van der Waals surface area contributed by atoms with Gasteiger partial charge in [-0.3, -0.25) is 9.69 Å². The van der Waals surface area contributed by atoms with E-state index in [9.17, 15) is 22.0 Å². The number of carbonyl (C=O) groups excluding carboxylic acids is 1. The normalized spacial score (nSPS) is 17.1. The predicted molar refractivity (Wildman–Crippen MR) is 106 cm³/mol.